The second-order valence-corrected chi connectivity index (χ2v) is 4.69. The van der Waals surface area contributed by atoms with Crippen molar-refractivity contribution in [1.29, 1.82) is 5.26 Å². The van der Waals surface area contributed by atoms with E-state index in [1.807, 2.05) is 13.0 Å². The van der Waals surface area contributed by atoms with Gasteiger partial charge in [-0.1, -0.05) is 18.2 Å². The van der Waals surface area contributed by atoms with Gasteiger partial charge in [0.15, 0.2) is 0 Å². The van der Waals surface area contributed by atoms with Gasteiger partial charge in [0.25, 0.3) is 18.1 Å². The zero-order valence-corrected chi connectivity index (χ0v) is 11.1. The molecule has 0 spiro atoms. The summed E-state index contributed by atoms with van der Waals surface area (Å²) in [7, 11) is 0. The Morgan fingerprint density at radius 1 is 1.10 bits per heavy atom. The lowest BCUT2D eigenvalue weighted by molar-refractivity contribution is 0.0880. The van der Waals surface area contributed by atoms with E-state index in [4.69, 9.17) is 10.00 Å². The van der Waals surface area contributed by atoms with E-state index in [9.17, 15) is 9.59 Å². The molecule has 5 heteroatoms. The van der Waals surface area contributed by atoms with Crippen molar-refractivity contribution in [1.82, 2.24) is 5.32 Å². The van der Waals surface area contributed by atoms with Gasteiger partial charge in [-0.2, -0.15) is 0 Å². The first-order valence-corrected chi connectivity index (χ1v) is 6.27. The van der Waals surface area contributed by atoms with Gasteiger partial charge in [0.2, 0.25) is 0 Å². The molecular formula is C16H10N2O3. The third-order valence-electron chi connectivity index (χ3n) is 3.40. The van der Waals surface area contributed by atoms with E-state index < -0.39 is 0 Å². The van der Waals surface area contributed by atoms with Gasteiger partial charge in [-0.3, -0.25) is 14.9 Å². The maximum absolute atomic E-state index is 11.9. The molecular weight excluding hydrogens is 268 g/mol. The Balaban J connectivity index is 2.15. The SMILES string of the molecule is Cc1cc(-c2cccc3c2C(=O)NC3=O)ccc1OC#N. The van der Waals surface area contributed by atoms with E-state index in [0.717, 1.165) is 11.1 Å². The monoisotopic (exact) mass is 278 g/mol. The van der Waals surface area contributed by atoms with Crippen LogP contribution in [-0.2, 0) is 0 Å². The van der Waals surface area contributed by atoms with Crippen LogP contribution in [0.2, 0.25) is 0 Å². The number of ether oxygens (including phenoxy) is 1. The van der Waals surface area contributed by atoms with Crippen molar-refractivity contribution in [2.45, 2.75) is 6.92 Å². The number of carbonyl (C=O) groups excluding carboxylic acids is 2. The van der Waals surface area contributed by atoms with Gasteiger partial charge in [-0.15, -0.1) is 5.26 Å². The number of nitrogens with one attached hydrogen (secondary N) is 1. The normalized spacial score (nSPS) is 12.6. The first kappa shape index (κ1) is 12.9. The van der Waals surface area contributed by atoms with Crippen molar-refractivity contribution >= 4 is 11.8 Å². The fraction of sp³-hybridized carbons (Fsp3) is 0.0625. The molecule has 1 aliphatic heterocycles. The molecule has 0 bridgehead atoms. The number of benzene rings is 2. The molecule has 21 heavy (non-hydrogen) atoms. The summed E-state index contributed by atoms with van der Waals surface area (Å²) in [6.07, 6.45) is 1.63. The predicted molar refractivity (Wildman–Crippen MR) is 74.7 cm³/mol. The second-order valence-electron chi connectivity index (χ2n) is 4.69. The first-order valence-electron chi connectivity index (χ1n) is 6.27. The molecule has 2 amide bonds. The summed E-state index contributed by atoms with van der Waals surface area (Å²) in [4.78, 5) is 23.6. The molecule has 1 N–H and O–H groups in total. The summed E-state index contributed by atoms with van der Waals surface area (Å²) in [5.74, 6) is -0.298. The number of carbonyl (C=O) groups is 2. The van der Waals surface area contributed by atoms with Gasteiger partial charge in [0, 0.05) is 0 Å². The highest BCUT2D eigenvalue weighted by molar-refractivity contribution is 6.24. The van der Waals surface area contributed by atoms with Crippen molar-refractivity contribution < 1.29 is 14.3 Å². The van der Waals surface area contributed by atoms with Crippen LogP contribution in [0.4, 0.5) is 0 Å². The van der Waals surface area contributed by atoms with Crippen LogP contribution < -0.4 is 10.1 Å². The quantitative estimate of drug-likeness (QED) is 0.675. The molecule has 102 valence electrons. The summed E-state index contributed by atoms with van der Waals surface area (Å²) in [6.45, 7) is 1.81. The third kappa shape index (κ3) is 2.03. The minimum absolute atomic E-state index is 0.377. The fourth-order valence-electron chi connectivity index (χ4n) is 2.44. The van der Waals surface area contributed by atoms with Crippen molar-refractivity contribution in [2.75, 3.05) is 0 Å². The predicted octanol–water partition coefficient (Wildman–Crippen LogP) is 2.41. The highest BCUT2D eigenvalue weighted by atomic mass is 16.5. The van der Waals surface area contributed by atoms with Gasteiger partial charge in [-0.25, -0.2) is 0 Å². The van der Waals surface area contributed by atoms with Crippen LogP contribution >= 0.6 is 0 Å². The second kappa shape index (κ2) is 4.76. The maximum atomic E-state index is 11.9. The van der Waals surface area contributed by atoms with Crippen LogP contribution in [0.3, 0.4) is 0 Å². The largest absolute Gasteiger partial charge is 0.388 e. The molecule has 0 saturated carbocycles. The number of nitriles is 1. The summed E-state index contributed by atoms with van der Waals surface area (Å²) < 4.78 is 4.83. The number of amides is 2. The van der Waals surface area contributed by atoms with Gasteiger partial charge < -0.3 is 4.74 Å². The molecule has 0 saturated heterocycles. The van der Waals surface area contributed by atoms with E-state index in [2.05, 4.69) is 5.32 Å². The molecule has 0 aromatic heterocycles. The van der Waals surface area contributed by atoms with E-state index in [1.54, 1.807) is 36.6 Å². The molecule has 5 nitrogen and oxygen atoms in total. The lowest BCUT2D eigenvalue weighted by Crippen LogP contribution is -2.20. The maximum Gasteiger partial charge on any atom is 0.292 e. The van der Waals surface area contributed by atoms with Crippen LogP contribution in [0.15, 0.2) is 36.4 Å². The van der Waals surface area contributed by atoms with Crippen LogP contribution in [0, 0.1) is 18.4 Å². The summed E-state index contributed by atoms with van der Waals surface area (Å²) in [5.41, 5.74) is 3.02. The Morgan fingerprint density at radius 2 is 1.86 bits per heavy atom. The topological polar surface area (TPSA) is 79.2 Å². The molecule has 0 aliphatic carbocycles. The van der Waals surface area contributed by atoms with Crippen molar-refractivity contribution in [2.24, 2.45) is 0 Å². The molecule has 1 aliphatic rings. The molecule has 1 heterocycles. The number of hydrogen-bond donors (Lipinski definition) is 1. The lowest BCUT2D eigenvalue weighted by atomic mass is 9.95. The zero-order valence-electron chi connectivity index (χ0n) is 11.1. The summed E-state index contributed by atoms with van der Waals surface area (Å²) >= 11 is 0. The lowest BCUT2D eigenvalue weighted by Gasteiger charge is -2.08. The zero-order chi connectivity index (χ0) is 15.0. The van der Waals surface area contributed by atoms with Crippen LogP contribution in [0.25, 0.3) is 11.1 Å². The van der Waals surface area contributed by atoms with Crippen molar-refractivity contribution in [3.63, 3.8) is 0 Å². The number of aryl methyl sites for hydroxylation is 1. The van der Waals surface area contributed by atoms with Gasteiger partial charge in [-0.05, 0) is 41.8 Å². The minimum Gasteiger partial charge on any atom is -0.388 e. The molecule has 0 fully saturated rings. The number of rotatable bonds is 2. The summed E-state index contributed by atoms with van der Waals surface area (Å²) in [5, 5.41) is 10.9. The summed E-state index contributed by atoms with van der Waals surface area (Å²) in [6, 6.07) is 10.4. The van der Waals surface area contributed by atoms with E-state index in [0.29, 0.717) is 22.4 Å². The smallest absolute Gasteiger partial charge is 0.292 e. The number of imide groups is 1. The number of fused-ring (bicyclic) bond motifs is 1. The van der Waals surface area contributed by atoms with Crippen molar-refractivity contribution in [3.8, 4) is 23.1 Å². The van der Waals surface area contributed by atoms with Crippen LogP contribution in [-0.4, -0.2) is 11.8 Å². The molecule has 2 aromatic carbocycles. The number of hydrogen-bond acceptors (Lipinski definition) is 4. The Kier molecular flexibility index (Phi) is 2.92. The average Bonchev–Trinajstić information content (AvgIpc) is 2.77. The van der Waals surface area contributed by atoms with Gasteiger partial charge >= 0.3 is 0 Å². The van der Waals surface area contributed by atoms with Crippen molar-refractivity contribution in [3.05, 3.63) is 53.1 Å². The Labute approximate surface area is 120 Å². The van der Waals surface area contributed by atoms with Gasteiger partial charge in [0.05, 0.1) is 11.1 Å². The average molecular weight is 278 g/mol. The number of nitrogens with zero attached hydrogens (tertiary/aromatic N) is 1. The van der Waals surface area contributed by atoms with E-state index in [-0.39, 0.29) is 11.8 Å². The van der Waals surface area contributed by atoms with Crippen LogP contribution in [0.1, 0.15) is 26.3 Å². The Hall–Kier alpha value is -3.13. The minimum atomic E-state index is -0.388. The fourth-order valence-corrected chi connectivity index (χ4v) is 2.44. The molecule has 0 atom stereocenters. The standard InChI is InChI=1S/C16H10N2O3/c1-9-7-10(5-6-13(9)21-8-17)11-3-2-4-12-14(11)16(20)18-15(12)19/h2-7H,1H3,(H,18,19,20). The van der Waals surface area contributed by atoms with E-state index in [1.165, 1.54) is 0 Å². The third-order valence-corrected chi connectivity index (χ3v) is 3.40. The molecule has 2 aromatic rings. The van der Waals surface area contributed by atoms with Gasteiger partial charge in [0.1, 0.15) is 5.75 Å². The van der Waals surface area contributed by atoms with E-state index >= 15 is 0 Å². The molecule has 0 unspecified atom stereocenters. The Bertz CT molecular complexity index is 819. The highest BCUT2D eigenvalue weighted by Gasteiger charge is 2.29. The Morgan fingerprint density at radius 3 is 2.57 bits per heavy atom. The molecule has 0 radical (unpaired) electrons. The first-order chi connectivity index (χ1) is 10.1. The highest BCUT2D eigenvalue weighted by Crippen LogP contribution is 2.31. The molecule has 3 rings (SSSR count). The van der Waals surface area contributed by atoms with Crippen LogP contribution in [0.5, 0.6) is 5.75 Å².